The second-order valence-electron chi connectivity index (χ2n) is 18.2. The Kier molecular flexibility index (Phi) is 19.6. The van der Waals surface area contributed by atoms with E-state index < -0.39 is 30.2 Å². The third kappa shape index (κ3) is 14.2. The molecular formula is C54H70N8O6. The Labute approximate surface area is 402 Å². The summed E-state index contributed by atoms with van der Waals surface area (Å²) in [5.41, 5.74) is 2.34. The molecule has 8 atom stereocenters. The predicted molar refractivity (Wildman–Crippen MR) is 262 cm³/mol. The molecule has 2 aliphatic rings. The number of carbonyl (C=O) groups is 4. The summed E-state index contributed by atoms with van der Waals surface area (Å²) in [7, 11) is 1.70. The third-order valence-corrected chi connectivity index (χ3v) is 13.6. The molecule has 14 nitrogen and oxygen atoms in total. The van der Waals surface area contributed by atoms with Gasteiger partial charge in [0.05, 0.1) is 24.2 Å². The molecule has 0 saturated carbocycles. The van der Waals surface area contributed by atoms with E-state index in [2.05, 4.69) is 77.7 Å². The van der Waals surface area contributed by atoms with Crippen molar-refractivity contribution < 1.29 is 28.7 Å². The minimum Gasteiger partial charge on any atom is -0.365 e. The van der Waals surface area contributed by atoms with E-state index in [1.807, 2.05) is 85.6 Å². The standard InChI is InChI=1S/C54H70N8O6/c1-7-39(2)48(63)36-47(53(65)61-28-18-24-45(61)37-59-30-26-56-49(59)34-43-20-12-10-13-21-43)41(4)67-32-16-8-9-17-33-68-42(5)51(58-52(64)40(3)55-6)54(66)62-29-19-25-46(62)38-60-31-27-57-50(60)35-44-22-14-11-15-23-44/h10-15,20-23,26-27,30-31,39-42,45-47,51,55H,7,18-19,24-25,28-29,32-38H2,1-6H3,(H,58,64)/t39-,40+,41-,42-,45+,46+,47+,51+/m1/s1. The van der Waals surface area contributed by atoms with Crippen LogP contribution in [0.4, 0.5) is 0 Å². The van der Waals surface area contributed by atoms with Crippen molar-refractivity contribution in [3.63, 3.8) is 0 Å². The maximum Gasteiger partial charge on any atom is 0.248 e. The predicted octanol–water partition coefficient (Wildman–Crippen LogP) is 5.47. The first-order valence-corrected chi connectivity index (χ1v) is 24.3. The molecule has 3 amide bonds. The van der Waals surface area contributed by atoms with Gasteiger partial charge in [0.1, 0.15) is 36.7 Å². The van der Waals surface area contributed by atoms with Crippen LogP contribution in [0.15, 0.2) is 85.5 Å². The highest BCUT2D eigenvalue weighted by Crippen LogP contribution is 2.27. The number of likely N-dealkylation sites (N-methyl/N-ethyl adjacent to an activating group) is 1. The van der Waals surface area contributed by atoms with Crippen molar-refractivity contribution >= 4 is 23.5 Å². The molecule has 0 spiro atoms. The van der Waals surface area contributed by atoms with Gasteiger partial charge in [-0.05, 0) is 82.9 Å². The highest BCUT2D eigenvalue weighted by molar-refractivity contribution is 5.90. The SMILES string of the molecule is CC[C@@H](C)C(=O)C[C@H](C(=O)N1CCC[C@H]1Cn1ccnc1Cc1ccccc1)[C@@H](C)OCC#CC#CCO[C@H](C)[C@H](NC(=O)[C@H](C)NC)C(=O)N1CCC[C@H]1Cn1ccnc1Cc1ccccc1. The van der Waals surface area contributed by atoms with Crippen LogP contribution in [0.2, 0.25) is 0 Å². The summed E-state index contributed by atoms with van der Waals surface area (Å²) in [5.74, 6) is 12.0. The molecule has 4 heterocycles. The summed E-state index contributed by atoms with van der Waals surface area (Å²) in [5, 5.41) is 5.89. The van der Waals surface area contributed by atoms with Crippen LogP contribution >= 0.6 is 0 Å². The molecule has 2 aromatic heterocycles. The molecule has 0 bridgehead atoms. The minimum absolute atomic E-state index is 0.0196. The van der Waals surface area contributed by atoms with Gasteiger partial charge in [-0.25, -0.2) is 9.97 Å². The average Bonchev–Trinajstić information content (AvgIpc) is 4.20. The fraction of sp³-hybridized carbons (Fsp3) is 0.519. The van der Waals surface area contributed by atoms with E-state index in [9.17, 15) is 19.2 Å². The molecule has 362 valence electrons. The number of benzene rings is 2. The largest absolute Gasteiger partial charge is 0.365 e. The number of aromatic nitrogens is 4. The number of nitrogens with zero attached hydrogens (tertiary/aromatic N) is 6. The van der Waals surface area contributed by atoms with Crippen LogP contribution in [0.25, 0.3) is 0 Å². The summed E-state index contributed by atoms with van der Waals surface area (Å²) in [4.78, 5) is 68.2. The number of carbonyl (C=O) groups excluding carboxylic acids is 4. The molecule has 14 heteroatoms. The van der Waals surface area contributed by atoms with Gasteiger partial charge in [-0.1, -0.05) is 86.4 Å². The zero-order valence-electron chi connectivity index (χ0n) is 40.7. The van der Waals surface area contributed by atoms with E-state index in [0.29, 0.717) is 45.4 Å². The lowest BCUT2D eigenvalue weighted by Crippen LogP contribution is -2.58. The Morgan fingerprint density at radius 3 is 1.72 bits per heavy atom. The molecule has 68 heavy (non-hydrogen) atoms. The summed E-state index contributed by atoms with van der Waals surface area (Å²) in [6, 6.07) is 18.9. The number of hydrogen-bond acceptors (Lipinski definition) is 9. The van der Waals surface area contributed by atoms with Gasteiger partial charge < -0.3 is 39.0 Å². The number of Topliss-reactive ketones (excluding diaryl/α,β-unsaturated/α-hetero) is 1. The lowest BCUT2D eigenvalue weighted by molar-refractivity contribution is -0.144. The molecule has 2 fully saturated rings. The molecule has 0 unspecified atom stereocenters. The maximum atomic E-state index is 14.4. The lowest BCUT2D eigenvalue weighted by Gasteiger charge is -2.32. The number of ether oxygens (including phenoxy) is 2. The fourth-order valence-corrected chi connectivity index (χ4v) is 8.99. The van der Waals surface area contributed by atoms with Gasteiger partial charge in [0, 0.05) is 88.2 Å². The monoisotopic (exact) mass is 927 g/mol. The smallest absolute Gasteiger partial charge is 0.248 e. The van der Waals surface area contributed by atoms with Crippen LogP contribution in [0.5, 0.6) is 0 Å². The molecule has 0 aliphatic carbocycles. The van der Waals surface area contributed by atoms with Crippen molar-refractivity contribution in [3.05, 3.63) is 108 Å². The van der Waals surface area contributed by atoms with Gasteiger partial charge in [-0.2, -0.15) is 0 Å². The van der Waals surface area contributed by atoms with E-state index in [1.54, 1.807) is 27.1 Å². The van der Waals surface area contributed by atoms with Crippen molar-refractivity contribution in [1.29, 1.82) is 0 Å². The summed E-state index contributed by atoms with van der Waals surface area (Å²) in [6.07, 6.45) is 11.9. The van der Waals surface area contributed by atoms with E-state index >= 15 is 0 Å². The topological polar surface area (TPSA) is 153 Å². The van der Waals surface area contributed by atoms with E-state index in [1.165, 1.54) is 5.56 Å². The second-order valence-corrected chi connectivity index (χ2v) is 18.2. The number of likely N-dealkylation sites (tertiary alicyclic amines) is 2. The summed E-state index contributed by atoms with van der Waals surface area (Å²) in [6.45, 7) is 11.7. The molecule has 0 radical (unpaired) electrons. The summed E-state index contributed by atoms with van der Waals surface area (Å²) < 4.78 is 16.5. The Morgan fingerprint density at radius 2 is 1.22 bits per heavy atom. The zero-order valence-corrected chi connectivity index (χ0v) is 40.7. The molecule has 2 aliphatic heterocycles. The summed E-state index contributed by atoms with van der Waals surface area (Å²) >= 11 is 0. The van der Waals surface area contributed by atoms with Crippen molar-refractivity contribution in [2.75, 3.05) is 33.4 Å². The number of imidazole rings is 2. The Morgan fingerprint density at radius 1 is 0.721 bits per heavy atom. The first kappa shape index (κ1) is 51.3. The first-order valence-electron chi connectivity index (χ1n) is 24.3. The van der Waals surface area contributed by atoms with Gasteiger partial charge in [0.2, 0.25) is 17.7 Å². The van der Waals surface area contributed by atoms with E-state index in [-0.39, 0.29) is 61.1 Å². The van der Waals surface area contributed by atoms with Gasteiger partial charge in [0.15, 0.2) is 0 Å². The number of ketones is 1. The Bertz CT molecular complexity index is 2210. The van der Waals surface area contributed by atoms with Gasteiger partial charge in [-0.3, -0.25) is 19.2 Å². The van der Waals surface area contributed by atoms with Crippen molar-refractivity contribution in [2.45, 2.75) is 135 Å². The third-order valence-electron chi connectivity index (χ3n) is 13.6. The maximum absolute atomic E-state index is 14.4. The zero-order chi connectivity index (χ0) is 48.4. The van der Waals surface area contributed by atoms with Crippen molar-refractivity contribution in [1.82, 2.24) is 39.5 Å². The quantitative estimate of drug-likeness (QED) is 0.0923. The molecule has 2 N–H and O–H groups in total. The molecule has 4 aromatic rings. The van der Waals surface area contributed by atoms with Crippen LogP contribution in [0.1, 0.15) is 95.9 Å². The van der Waals surface area contributed by atoms with Gasteiger partial charge in [0.25, 0.3) is 0 Å². The number of nitrogens with one attached hydrogen (secondary N) is 2. The fourth-order valence-electron chi connectivity index (χ4n) is 8.99. The highest BCUT2D eigenvalue weighted by atomic mass is 16.5. The first-order chi connectivity index (χ1) is 33.0. The number of amides is 3. The minimum atomic E-state index is -0.935. The van der Waals surface area contributed by atoms with E-state index in [0.717, 1.165) is 42.9 Å². The molecule has 6 rings (SSSR count). The number of hydrogen-bond donors (Lipinski definition) is 2. The Hall–Kier alpha value is -6.06. The average molecular weight is 927 g/mol. The van der Waals surface area contributed by atoms with Crippen molar-refractivity contribution in [3.8, 4) is 23.7 Å². The number of rotatable bonds is 23. The molecule has 2 saturated heterocycles. The van der Waals surface area contributed by atoms with Crippen LogP contribution in [0.3, 0.4) is 0 Å². The highest BCUT2D eigenvalue weighted by Gasteiger charge is 2.39. The molecular weight excluding hydrogens is 857 g/mol. The van der Waals surface area contributed by atoms with Gasteiger partial charge in [-0.15, -0.1) is 0 Å². The normalized spacial score (nSPS) is 18.3. The Balaban J connectivity index is 1.04. The van der Waals surface area contributed by atoms with Crippen LogP contribution in [0, 0.1) is 35.5 Å². The van der Waals surface area contributed by atoms with Crippen LogP contribution in [-0.2, 0) is 54.6 Å². The lowest BCUT2D eigenvalue weighted by atomic mass is 9.89. The van der Waals surface area contributed by atoms with Crippen molar-refractivity contribution in [2.24, 2.45) is 11.8 Å². The van der Waals surface area contributed by atoms with Gasteiger partial charge >= 0.3 is 0 Å². The van der Waals surface area contributed by atoms with Crippen LogP contribution < -0.4 is 10.6 Å². The molecule has 2 aromatic carbocycles. The second kappa shape index (κ2) is 25.9. The van der Waals surface area contributed by atoms with E-state index in [4.69, 9.17) is 9.47 Å². The van der Waals surface area contributed by atoms with Crippen LogP contribution in [-0.4, -0.2) is 122 Å².